The molecule has 8 nitrogen and oxygen atoms in total. The third-order valence-electron chi connectivity index (χ3n) is 7.41. The highest BCUT2D eigenvalue weighted by molar-refractivity contribution is 6.05. The summed E-state index contributed by atoms with van der Waals surface area (Å²) in [5, 5.41) is 0. The Morgan fingerprint density at radius 2 is 1.42 bits per heavy atom. The first-order chi connectivity index (χ1) is 14.8. The van der Waals surface area contributed by atoms with Crippen molar-refractivity contribution in [1.82, 2.24) is 14.7 Å². The largest absolute Gasteiger partial charge is 0.372 e. The van der Waals surface area contributed by atoms with Crippen LogP contribution in [-0.4, -0.2) is 83.3 Å². The molecule has 1 saturated carbocycles. The molecule has 0 spiro atoms. The first-order valence-corrected chi connectivity index (χ1v) is 11.9. The highest BCUT2D eigenvalue weighted by Gasteiger charge is 2.48. The van der Waals surface area contributed by atoms with Crippen LogP contribution in [0.4, 0.5) is 0 Å². The minimum atomic E-state index is -0.163. The Morgan fingerprint density at radius 3 is 1.97 bits per heavy atom. The molecule has 0 radical (unpaired) electrons. The van der Waals surface area contributed by atoms with Crippen molar-refractivity contribution in [2.75, 3.05) is 32.7 Å². The molecule has 0 bridgehead atoms. The summed E-state index contributed by atoms with van der Waals surface area (Å²) in [6.07, 6.45) is 5.19. The first-order valence-electron chi connectivity index (χ1n) is 11.9. The van der Waals surface area contributed by atoms with Gasteiger partial charge in [0, 0.05) is 45.1 Å². The molecular formula is C23H35N3O5. The van der Waals surface area contributed by atoms with Crippen molar-refractivity contribution in [1.29, 1.82) is 0 Å². The molecule has 4 unspecified atom stereocenters. The lowest BCUT2D eigenvalue weighted by atomic mass is 9.81. The summed E-state index contributed by atoms with van der Waals surface area (Å²) in [6.45, 7) is 6.52. The molecule has 3 heterocycles. The topological polar surface area (TPSA) is 87.2 Å². The highest BCUT2D eigenvalue weighted by atomic mass is 16.5. The van der Waals surface area contributed by atoms with Crippen LogP contribution >= 0.6 is 0 Å². The minimum absolute atomic E-state index is 0.0324. The molecule has 31 heavy (non-hydrogen) atoms. The van der Waals surface area contributed by atoms with E-state index in [4.69, 9.17) is 4.74 Å². The zero-order valence-corrected chi connectivity index (χ0v) is 18.8. The van der Waals surface area contributed by atoms with Gasteiger partial charge in [-0.1, -0.05) is 12.8 Å². The lowest BCUT2D eigenvalue weighted by Gasteiger charge is -2.39. The number of piperidine rings is 1. The van der Waals surface area contributed by atoms with Gasteiger partial charge in [0.15, 0.2) is 0 Å². The Balaban J connectivity index is 1.24. The van der Waals surface area contributed by atoms with E-state index in [1.807, 2.05) is 18.7 Å². The fourth-order valence-corrected chi connectivity index (χ4v) is 5.81. The number of hydrogen-bond acceptors (Lipinski definition) is 5. The van der Waals surface area contributed by atoms with E-state index < -0.39 is 0 Å². The van der Waals surface area contributed by atoms with Crippen molar-refractivity contribution in [2.24, 2.45) is 17.8 Å². The van der Waals surface area contributed by atoms with Gasteiger partial charge in [0.1, 0.15) is 0 Å². The maximum absolute atomic E-state index is 12.9. The number of carbonyl (C=O) groups is 4. The van der Waals surface area contributed by atoms with E-state index in [1.54, 1.807) is 4.90 Å². The van der Waals surface area contributed by atoms with Crippen LogP contribution in [0.3, 0.4) is 0 Å². The van der Waals surface area contributed by atoms with E-state index in [9.17, 15) is 19.2 Å². The van der Waals surface area contributed by atoms with Crippen LogP contribution in [-0.2, 0) is 23.9 Å². The number of fused-ring (bicyclic) bond motifs is 1. The standard InChI is InChI=1S/C23H35N3O5/c1-15-13-25(14-16(2)31-15)21(28)17-7-10-24(11-8-17)20(27)9-12-26-22(29)18-5-3-4-6-19(18)23(26)30/h15-19H,3-14H2,1-2H3. The van der Waals surface area contributed by atoms with Gasteiger partial charge >= 0.3 is 0 Å². The van der Waals surface area contributed by atoms with Gasteiger partial charge in [-0.15, -0.1) is 0 Å². The number of nitrogens with zero attached hydrogens (tertiary/aromatic N) is 3. The van der Waals surface area contributed by atoms with Crippen molar-refractivity contribution in [2.45, 2.75) is 71.0 Å². The molecule has 172 valence electrons. The third-order valence-corrected chi connectivity index (χ3v) is 7.41. The molecule has 4 fully saturated rings. The molecular weight excluding hydrogens is 398 g/mol. The molecule has 1 aliphatic carbocycles. The van der Waals surface area contributed by atoms with Crippen molar-refractivity contribution >= 4 is 23.6 Å². The van der Waals surface area contributed by atoms with E-state index in [2.05, 4.69) is 0 Å². The Morgan fingerprint density at radius 1 is 0.871 bits per heavy atom. The Labute approximate surface area is 184 Å². The van der Waals surface area contributed by atoms with E-state index in [0.717, 1.165) is 25.7 Å². The minimum Gasteiger partial charge on any atom is -0.372 e. The van der Waals surface area contributed by atoms with Gasteiger partial charge in [0.2, 0.25) is 23.6 Å². The van der Waals surface area contributed by atoms with E-state index >= 15 is 0 Å². The normalized spacial score (nSPS) is 32.4. The van der Waals surface area contributed by atoms with Gasteiger partial charge in [-0.2, -0.15) is 0 Å². The Kier molecular flexibility index (Phi) is 6.65. The van der Waals surface area contributed by atoms with Crippen LogP contribution < -0.4 is 0 Å². The summed E-state index contributed by atoms with van der Waals surface area (Å²) in [7, 11) is 0. The zero-order chi connectivity index (χ0) is 22.1. The second kappa shape index (κ2) is 9.27. The second-order valence-electron chi connectivity index (χ2n) is 9.73. The summed E-state index contributed by atoms with van der Waals surface area (Å²) in [4.78, 5) is 55.8. The molecule has 4 aliphatic rings. The molecule has 3 saturated heterocycles. The number of likely N-dealkylation sites (tertiary alicyclic amines) is 2. The number of rotatable bonds is 4. The van der Waals surface area contributed by atoms with E-state index in [0.29, 0.717) is 39.0 Å². The zero-order valence-electron chi connectivity index (χ0n) is 18.8. The number of imide groups is 1. The molecule has 0 aromatic heterocycles. The van der Waals surface area contributed by atoms with Crippen LogP contribution in [0.1, 0.15) is 58.8 Å². The number of hydrogen-bond donors (Lipinski definition) is 0. The summed E-state index contributed by atoms with van der Waals surface area (Å²) in [5.74, 6) is -0.402. The number of morpholine rings is 1. The first kappa shape index (κ1) is 22.2. The average Bonchev–Trinajstić information content (AvgIpc) is 3.01. The van der Waals surface area contributed by atoms with Gasteiger partial charge in [-0.05, 0) is 39.5 Å². The SMILES string of the molecule is CC1CN(C(=O)C2CCN(C(=O)CCN3C(=O)C4CCCCC4C3=O)CC2)CC(C)O1. The average molecular weight is 434 g/mol. The maximum Gasteiger partial charge on any atom is 0.233 e. The Hall–Kier alpha value is -1.96. The van der Waals surface area contributed by atoms with Gasteiger partial charge in [0.05, 0.1) is 24.0 Å². The summed E-state index contributed by atoms with van der Waals surface area (Å²) >= 11 is 0. The predicted octanol–water partition coefficient (Wildman–Crippen LogP) is 1.43. The van der Waals surface area contributed by atoms with Crippen LogP contribution in [0, 0.1) is 17.8 Å². The maximum atomic E-state index is 12.9. The van der Waals surface area contributed by atoms with E-state index in [-0.39, 0.29) is 66.6 Å². The fraction of sp³-hybridized carbons (Fsp3) is 0.826. The molecule has 4 atom stereocenters. The van der Waals surface area contributed by atoms with Crippen molar-refractivity contribution < 1.29 is 23.9 Å². The number of amides is 4. The van der Waals surface area contributed by atoms with Crippen molar-refractivity contribution in [3.8, 4) is 0 Å². The number of ether oxygens (including phenoxy) is 1. The summed E-state index contributed by atoms with van der Waals surface area (Å²) in [6, 6.07) is 0. The Bertz CT molecular complexity index is 699. The van der Waals surface area contributed by atoms with Gasteiger partial charge in [-0.3, -0.25) is 24.1 Å². The summed E-state index contributed by atoms with van der Waals surface area (Å²) < 4.78 is 5.72. The molecule has 0 aromatic rings. The monoisotopic (exact) mass is 433 g/mol. The summed E-state index contributed by atoms with van der Waals surface area (Å²) in [5.41, 5.74) is 0. The molecule has 8 heteroatoms. The third kappa shape index (κ3) is 4.64. The molecule has 3 aliphatic heterocycles. The lowest BCUT2D eigenvalue weighted by molar-refractivity contribution is -0.150. The molecule has 0 aromatic carbocycles. The molecule has 4 amide bonds. The smallest absolute Gasteiger partial charge is 0.233 e. The van der Waals surface area contributed by atoms with Crippen LogP contribution in [0.5, 0.6) is 0 Å². The van der Waals surface area contributed by atoms with Crippen molar-refractivity contribution in [3.05, 3.63) is 0 Å². The van der Waals surface area contributed by atoms with Gasteiger partial charge in [-0.25, -0.2) is 0 Å². The highest BCUT2D eigenvalue weighted by Crippen LogP contribution is 2.38. The van der Waals surface area contributed by atoms with Gasteiger partial charge in [0.25, 0.3) is 0 Å². The van der Waals surface area contributed by atoms with Gasteiger partial charge < -0.3 is 14.5 Å². The van der Waals surface area contributed by atoms with Crippen LogP contribution in [0.25, 0.3) is 0 Å². The fourth-order valence-electron chi connectivity index (χ4n) is 5.81. The van der Waals surface area contributed by atoms with Crippen LogP contribution in [0.15, 0.2) is 0 Å². The molecule has 4 rings (SSSR count). The predicted molar refractivity (Wildman–Crippen MR) is 113 cm³/mol. The lowest BCUT2D eigenvalue weighted by Crippen LogP contribution is -2.52. The van der Waals surface area contributed by atoms with Crippen LogP contribution in [0.2, 0.25) is 0 Å². The number of carbonyl (C=O) groups excluding carboxylic acids is 4. The van der Waals surface area contributed by atoms with E-state index in [1.165, 1.54) is 4.90 Å². The molecule has 0 N–H and O–H groups in total. The second-order valence-corrected chi connectivity index (χ2v) is 9.73. The quantitative estimate of drug-likeness (QED) is 0.626. The van der Waals surface area contributed by atoms with Crippen molar-refractivity contribution in [3.63, 3.8) is 0 Å².